The number of likely N-dealkylation sites (tertiary alicyclic amines) is 1. The number of carbonyl (C=O) groups excluding carboxylic acids is 2. The Labute approximate surface area is 243 Å². The SMILES string of the molecule is CCOC(=O)c1ccc(CN2CCCC3(C2)OC(=O)C(c2cc(Cl)c(-c4cccc(S(C)(=O)=O)c4)cc2C)=C3N)o1. The fourth-order valence-corrected chi connectivity index (χ4v) is 6.42. The molecule has 5 rings (SSSR count). The van der Waals surface area contributed by atoms with Crippen LogP contribution >= 0.6 is 11.6 Å². The Balaban J connectivity index is 1.42. The lowest BCUT2D eigenvalue weighted by Gasteiger charge is -2.39. The minimum Gasteiger partial charge on any atom is -0.460 e. The van der Waals surface area contributed by atoms with E-state index in [0.717, 1.165) is 24.8 Å². The molecule has 0 aliphatic carbocycles. The van der Waals surface area contributed by atoms with E-state index in [0.29, 0.717) is 52.7 Å². The van der Waals surface area contributed by atoms with Crippen molar-refractivity contribution in [2.45, 2.75) is 43.7 Å². The minimum absolute atomic E-state index is 0.140. The number of piperidine rings is 1. The lowest BCUT2D eigenvalue weighted by Crippen LogP contribution is -2.50. The first-order valence-corrected chi connectivity index (χ1v) is 15.5. The molecule has 11 heteroatoms. The molecule has 2 N–H and O–H groups in total. The van der Waals surface area contributed by atoms with Gasteiger partial charge in [0.05, 0.1) is 29.3 Å². The van der Waals surface area contributed by atoms with E-state index in [-0.39, 0.29) is 22.8 Å². The Bertz CT molecular complexity index is 1680. The summed E-state index contributed by atoms with van der Waals surface area (Å²) in [5.41, 5.74) is 8.93. The van der Waals surface area contributed by atoms with Gasteiger partial charge in [-0.25, -0.2) is 18.0 Å². The molecule has 0 saturated carbocycles. The van der Waals surface area contributed by atoms with Gasteiger partial charge in [-0.05, 0) is 86.3 Å². The molecule has 1 aromatic heterocycles. The number of halogens is 1. The second-order valence-electron chi connectivity index (χ2n) is 10.4. The maximum atomic E-state index is 13.3. The summed E-state index contributed by atoms with van der Waals surface area (Å²) < 4.78 is 40.8. The second kappa shape index (κ2) is 11.0. The van der Waals surface area contributed by atoms with Crippen LogP contribution in [0.4, 0.5) is 0 Å². The fraction of sp³-hybridized carbons (Fsp3) is 0.333. The van der Waals surface area contributed by atoms with Gasteiger partial charge in [-0.2, -0.15) is 0 Å². The van der Waals surface area contributed by atoms with Crippen molar-refractivity contribution in [3.05, 3.63) is 81.9 Å². The van der Waals surface area contributed by atoms with E-state index in [2.05, 4.69) is 4.90 Å². The smallest absolute Gasteiger partial charge is 0.374 e. The number of rotatable bonds is 7. The lowest BCUT2D eigenvalue weighted by molar-refractivity contribution is -0.149. The predicted molar refractivity (Wildman–Crippen MR) is 154 cm³/mol. The van der Waals surface area contributed by atoms with Crippen LogP contribution < -0.4 is 5.73 Å². The van der Waals surface area contributed by atoms with Gasteiger partial charge >= 0.3 is 11.9 Å². The highest BCUT2D eigenvalue weighted by molar-refractivity contribution is 7.90. The molecule has 1 spiro atoms. The van der Waals surface area contributed by atoms with E-state index in [9.17, 15) is 18.0 Å². The molecular weight excluding hydrogens is 568 g/mol. The van der Waals surface area contributed by atoms with Crippen LogP contribution in [0, 0.1) is 6.92 Å². The van der Waals surface area contributed by atoms with Crippen molar-refractivity contribution in [1.82, 2.24) is 4.90 Å². The molecule has 1 unspecified atom stereocenters. The van der Waals surface area contributed by atoms with Gasteiger partial charge < -0.3 is 19.6 Å². The summed E-state index contributed by atoms with van der Waals surface area (Å²) in [6, 6.07) is 13.4. The molecule has 216 valence electrons. The van der Waals surface area contributed by atoms with Crippen LogP contribution in [0.5, 0.6) is 0 Å². The maximum absolute atomic E-state index is 13.3. The van der Waals surface area contributed by atoms with Crippen LogP contribution in [0.2, 0.25) is 5.02 Å². The summed E-state index contributed by atoms with van der Waals surface area (Å²) in [6.45, 7) is 5.35. The maximum Gasteiger partial charge on any atom is 0.374 e. The van der Waals surface area contributed by atoms with Crippen molar-refractivity contribution in [2.75, 3.05) is 26.0 Å². The number of esters is 2. The summed E-state index contributed by atoms with van der Waals surface area (Å²) in [5, 5.41) is 0.353. The zero-order valence-electron chi connectivity index (χ0n) is 23.0. The number of ether oxygens (including phenoxy) is 2. The number of nitrogens with two attached hydrogens (primary N) is 1. The van der Waals surface area contributed by atoms with Crippen LogP contribution in [0.3, 0.4) is 0 Å². The third kappa shape index (κ3) is 5.64. The highest BCUT2D eigenvalue weighted by atomic mass is 35.5. The van der Waals surface area contributed by atoms with E-state index in [1.54, 1.807) is 43.3 Å². The van der Waals surface area contributed by atoms with Crippen LogP contribution in [0.1, 0.15) is 47.2 Å². The van der Waals surface area contributed by atoms with Crippen LogP contribution in [0.15, 0.2) is 63.5 Å². The third-order valence-electron chi connectivity index (χ3n) is 7.46. The topological polar surface area (TPSA) is 129 Å². The average Bonchev–Trinajstić information content (AvgIpc) is 3.47. The number of sulfone groups is 1. The summed E-state index contributed by atoms with van der Waals surface area (Å²) in [7, 11) is -3.40. The van der Waals surface area contributed by atoms with Gasteiger partial charge in [0.1, 0.15) is 5.76 Å². The molecule has 3 aromatic rings. The van der Waals surface area contributed by atoms with Crippen LogP contribution in [0.25, 0.3) is 16.7 Å². The zero-order chi connectivity index (χ0) is 29.5. The first kappa shape index (κ1) is 28.9. The van der Waals surface area contributed by atoms with Crippen molar-refractivity contribution in [1.29, 1.82) is 0 Å². The number of nitrogens with zero attached hydrogens (tertiary/aromatic N) is 1. The molecule has 1 fully saturated rings. The van der Waals surface area contributed by atoms with Gasteiger partial charge in [0, 0.05) is 23.4 Å². The number of furan rings is 1. The van der Waals surface area contributed by atoms with E-state index >= 15 is 0 Å². The highest BCUT2D eigenvalue weighted by Gasteiger charge is 2.49. The van der Waals surface area contributed by atoms with Crippen LogP contribution in [-0.2, 0) is 30.7 Å². The van der Waals surface area contributed by atoms with Gasteiger partial charge in [0.2, 0.25) is 5.76 Å². The average molecular weight is 599 g/mol. The summed E-state index contributed by atoms with van der Waals surface area (Å²) in [5.74, 6) is -0.298. The molecule has 1 saturated heterocycles. The summed E-state index contributed by atoms with van der Waals surface area (Å²) in [4.78, 5) is 27.5. The number of benzene rings is 2. The number of hydrogen-bond donors (Lipinski definition) is 1. The Kier molecular flexibility index (Phi) is 7.76. The normalized spacial score (nSPS) is 19.6. The molecule has 41 heavy (non-hydrogen) atoms. The first-order chi connectivity index (χ1) is 19.4. The van der Waals surface area contributed by atoms with E-state index < -0.39 is 27.4 Å². The molecule has 1 atom stereocenters. The second-order valence-corrected chi connectivity index (χ2v) is 12.8. The Morgan fingerprint density at radius 3 is 2.68 bits per heavy atom. The Morgan fingerprint density at radius 1 is 1.17 bits per heavy atom. The van der Waals surface area contributed by atoms with Crippen molar-refractivity contribution in [3.63, 3.8) is 0 Å². The molecule has 0 bridgehead atoms. The fourth-order valence-electron chi connectivity index (χ4n) is 5.48. The summed E-state index contributed by atoms with van der Waals surface area (Å²) in [6.07, 6.45) is 2.46. The van der Waals surface area contributed by atoms with Crippen molar-refractivity contribution >= 4 is 38.9 Å². The molecule has 2 aromatic carbocycles. The molecule has 0 amide bonds. The Hall–Kier alpha value is -3.60. The van der Waals surface area contributed by atoms with Crippen molar-refractivity contribution in [3.8, 4) is 11.1 Å². The van der Waals surface area contributed by atoms with Gasteiger partial charge in [-0.1, -0.05) is 23.7 Å². The van der Waals surface area contributed by atoms with Crippen LogP contribution in [-0.4, -0.2) is 56.8 Å². The molecular formula is C30H31ClN2O7S. The van der Waals surface area contributed by atoms with Gasteiger partial charge in [-0.3, -0.25) is 4.90 Å². The zero-order valence-corrected chi connectivity index (χ0v) is 24.6. The van der Waals surface area contributed by atoms with Gasteiger partial charge in [0.15, 0.2) is 15.4 Å². The van der Waals surface area contributed by atoms with Gasteiger partial charge in [0.25, 0.3) is 0 Å². The highest BCUT2D eigenvalue weighted by Crippen LogP contribution is 2.43. The summed E-state index contributed by atoms with van der Waals surface area (Å²) >= 11 is 6.69. The molecule has 0 radical (unpaired) electrons. The lowest BCUT2D eigenvalue weighted by atomic mass is 9.86. The van der Waals surface area contributed by atoms with Crippen molar-refractivity contribution in [2.24, 2.45) is 5.73 Å². The molecule has 3 heterocycles. The number of carbonyl (C=O) groups is 2. The predicted octanol–water partition coefficient (Wildman–Crippen LogP) is 4.75. The van der Waals surface area contributed by atoms with E-state index in [1.807, 2.05) is 13.0 Å². The van der Waals surface area contributed by atoms with Crippen molar-refractivity contribution < 1.29 is 31.9 Å². The minimum atomic E-state index is -3.40. The molecule has 9 nitrogen and oxygen atoms in total. The Morgan fingerprint density at radius 2 is 1.95 bits per heavy atom. The number of aryl methyl sites for hydroxylation is 1. The first-order valence-electron chi connectivity index (χ1n) is 13.2. The van der Waals surface area contributed by atoms with Gasteiger partial charge in [-0.15, -0.1) is 0 Å². The third-order valence-corrected chi connectivity index (χ3v) is 8.88. The number of hydrogen-bond acceptors (Lipinski definition) is 9. The largest absolute Gasteiger partial charge is 0.460 e. The van der Waals surface area contributed by atoms with E-state index in [1.165, 1.54) is 6.07 Å². The standard InChI is InChI=1S/C30H31ClN2O7S/c1-4-38-28(34)25-10-9-20(39-25)16-33-12-6-11-30(17-33)27(32)26(29(35)40-30)22-15-24(31)23(13-18(22)2)19-7-5-8-21(14-19)41(3,36)37/h5,7-10,13-15H,4,6,11-12,16-17,32H2,1-3H3. The monoisotopic (exact) mass is 598 g/mol. The molecule has 2 aliphatic heterocycles. The molecule has 2 aliphatic rings. The quantitative estimate of drug-likeness (QED) is 0.383. The van der Waals surface area contributed by atoms with E-state index in [4.69, 9.17) is 31.2 Å².